The molecule has 3 aliphatic carbocycles. The maximum absolute atomic E-state index is 2.58. The monoisotopic (exact) mass is 678 g/mol. The molecule has 0 radical (unpaired) electrons. The van der Waals surface area contributed by atoms with Gasteiger partial charge in [0.05, 0.1) is 0 Å². The average molecular weight is 679 g/mol. The van der Waals surface area contributed by atoms with Crippen LogP contribution in [0, 0.1) is 0 Å². The van der Waals surface area contributed by atoms with Crippen molar-refractivity contribution in [3.05, 3.63) is 162 Å². The molecule has 3 aliphatic rings. The van der Waals surface area contributed by atoms with Crippen LogP contribution in [0.1, 0.15) is 100 Å². The first kappa shape index (κ1) is 32.8. The van der Waals surface area contributed by atoms with Crippen LogP contribution in [0.25, 0.3) is 21.5 Å². The molecule has 2 saturated carbocycles. The molecule has 2 heteroatoms. The van der Waals surface area contributed by atoms with Gasteiger partial charge in [0.25, 0.3) is 0 Å². The molecule has 2 fully saturated rings. The van der Waals surface area contributed by atoms with E-state index in [1.165, 1.54) is 120 Å². The summed E-state index contributed by atoms with van der Waals surface area (Å²) >= 11 is 0. The van der Waals surface area contributed by atoms with E-state index in [1.807, 2.05) is 0 Å². The Balaban J connectivity index is 1.33. The maximum atomic E-state index is 2.58. The van der Waals surface area contributed by atoms with Gasteiger partial charge in [0.2, 0.25) is 0 Å². The van der Waals surface area contributed by atoms with Crippen LogP contribution in [0.4, 0.5) is 28.4 Å². The molecule has 9 rings (SSSR count). The van der Waals surface area contributed by atoms with Gasteiger partial charge in [-0.1, -0.05) is 117 Å². The fourth-order valence-corrected chi connectivity index (χ4v) is 9.60. The normalized spacial score (nSPS) is 17.0. The topological polar surface area (TPSA) is 6.48 Å². The Morgan fingerprint density at radius 1 is 0.385 bits per heavy atom. The highest BCUT2D eigenvalue weighted by molar-refractivity contribution is 6.09. The van der Waals surface area contributed by atoms with Crippen molar-refractivity contribution >= 4 is 50.0 Å². The smallest absolute Gasteiger partial charge is 0.0468 e. The third-order valence-electron chi connectivity index (χ3n) is 12.0. The fourth-order valence-electron chi connectivity index (χ4n) is 9.60. The van der Waals surface area contributed by atoms with Crippen LogP contribution in [0.3, 0.4) is 0 Å². The Labute approximate surface area is 310 Å². The summed E-state index contributed by atoms with van der Waals surface area (Å²) in [4.78, 5) is 4.94. The second-order valence-electron chi connectivity index (χ2n) is 15.2. The first-order valence-electron chi connectivity index (χ1n) is 20.0. The molecular weight excluding hydrogens is 629 g/mol. The lowest BCUT2D eigenvalue weighted by Gasteiger charge is -2.32. The lowest BCUT2D eigenvalue weighted by Crippen LogP contribution is -2.16. The second kappa shape index (κ2) is 14.9. The van der Waals surface area contributed by atoms with Gasteiger partial charge in [-0.25, -0.2) is 0 Å². The number of benzene rings is 6. The van der Waals surface area contributed by atoms with Crippen LogP contribution in [0.5, 0.6) is 0 Å². The van der Waals surface area contributed by atoms with Gasteiger partial charge in [-0.3, -0.25) is 0 Å². The van der Waals surface area contributed by atoms with E-state index >= 15 is 0 Å². The minimum Gasteiger partial charge on any atom is -0.311 e. The Kier molecular flexibility index (Phi) is 9.38. The average Bonchev–Trinajstić information content (AvgIpc) is 3.22. The molecule has 52 heavy (non-hydrogen) atoms. The standard InChI is InChI=1S/C50H50N2/c1-7-19-37(20-8-1)49-45-33-31-43(51(39-23-11-3-12-24-39)40-25-13-4-14-26-40)35-47(45)50(38-21-9-2-10-22-38)48-36-44(32-34-46(48)49)52(41-27-15-5-16-28-41)42-29-17-6-18-30-42/h3-5,11-17,23-38H,1-2,6-10,18-22H2. The van der Waals surface area contributed by atoms with Crippen LogP contribution in [-0.2, 0) is 0 Å². The number of para-hydroxylation sites is 3. The Morgan fingerprint density at radius 2 is 0.827 bits per heavy atom. The predicted octanol–water partition coefficient (Wildman–Crippen LogP) is 14.9. The summed E-state index contributed by atoms with van der Waals surface area (Å²) < 4.78 is 0. The summed E-state index contributed by atoms with van der Waals surface area (Å²) in [7, 11) is 0. The van der Waals surface area contributed by atoms with E-state index < -0.39 is 0 Å². The Hall–Kier alpha value is -5.08. The second-order valence-corrected chi connectivity index (χ2v) is 15.2. The van der Waals surface area contributed by atoms with Crippen molar-refractivity contribution in [2.24, 2.45) is 0 Å². The summed E-state index contributed by atoms with van der Waals surface area (Å²) in [6.45, 7) is 0. The molecule has 6 aromatic rings. The van der Waals surface area contributed by atoms with E-state index in [2.05, 4.69) is 155 Å². The van der Waals surface area contributed by atoms with Crippen molar-refractivity contribution in [2.75, 3.05) is 9.80 Å². The van der Waals surface area contributed by atoms with Crippen molar-refractivity contribution in [3.63, 3.8) is 0 Å². The minimum atomic E-state index is 0.547. The van der Waals surface area contributed by atoms with E-state index in [-0.39, 0.29) is 0 Å². The van der Waals surface area contributed by atoms with Crippen LogP contribution in [0.15, 0.2) is 151 Å². The molecule has 0 aliphatic heterocycles. The summed E-state index contributed by atoms with van der Waals surface area (Å²) in [6, 6.07) is 47.8. The summed E-state index contributed by atoms with van der Waals surface area (Å²) in [5, 5.41) is 5.91. The van der Waals surface area contributed by atoms with Crippen LogP contribution in [-0.4, -0.2) is 0 Å². The third kappa shape index (κ3) is 6.34. The maximum Gasteiger partial charge on any atom is 0.0468 e. The SMILES string of the molecule is C1=CC(N(c2ccccc2)c2ccc3c(C4CCCCC4)c4ccc(N(c5ccccc5)c5ccccc5)cc4c(C4CCCCC4)c3c2)=CCC1. The van der Waals surface area contributed by atoms with Gasteiger partial charge < -0.3 is 9.80 Å². The quantitative estimate of drug-likeness (QED) is 0.148. The molecule has 0 unspecified atom stereocenters. The molecule has 0 saturated heterocycles. The summed E-state index contributed by atoms with van der Waals surface area (Å²) in [6.07, 6.45) is 22.3. The highest BCUT2D eigenvalue weighted by Gasteiger charge is 2.28. The Morgan fingerprint density at radius 3 is 1.29 bits per heavy atom. The first-order valence-corrected chi connectivity index (χ1v) is 20.0. The van der Waals surface area contributed by atoms with Gasteiger partial charge in [-0.15, -0.1) is 0 Å². The van der Waals surface area contributed by atoms with E-state index in [0.29, 0.717) is 11.8 Å². The zero-order chi connectivity index (χ0) is 34.7. The molecule has 6 aromatic carbocycles. The first-order chi connectivity index (χ1) is 25.8. The molecule has 0 spiro atoms. The van der Waals surface area contributed by atoms with Crippen molar-refractivity contribution in [3.8, 4) is 0 Å². The molecule has 0 bridgehead atoms. The minimum absolute atomic E-state index is 0.547. The van der Waals surface area contributed by atoms with Crippen LogP contribution >= 0.6 is 0 Å². The van der Waals surface area contributed by atoms with Gasteiger partial charge in [-0.2, -0.15) is 0 Å². The van der Waals surface area contributed by atoms with E-state index in [0.717, 1.165) is 12.8 Å². The molecule has 260 valence electrons. The zero-order valence-corrected chi connectivity index (χ0v) is 30.4. The fraction of sp³-hybridized carbons (Fsp3) is 0.280. The largest absolute Gasteiger partial charge is 0.311 e. The number of fused-ring (bicyclic) bond motifs is 2. The number of rotatable bonds is 8. The lowest BCUT2D eigenvalue weighted by atomic mass is 9.74. The van der Waals surface area contributed by atoms with Crippen molar-refractivity contribution in [1.29, 1.82) is 0 Å². The van der Waals surface area contributed by atoms with E-state index in [4.69, 9.17) is 0 Å². The van der Waals surface area contributed by atoms with Crippen molar-refractivity contribution in [1.82, 2.24) is 0 Å². The highest BCUT2D eigenvalue weighted by Crippen LogP contribution is 2.50. The lowest BCUT2D eigenvalue weighted by molar-refractivity contribution is 0.445. The third-order valence-corrected chi connectivity index (χ3v) is 12.0. The van der Waals surface area contributed by atoms with Crippen LogP contribution in [0.2, 0.25) is 0 Å². The van der Waals surface area contributed by atoms with Gasteiger partial charge in [0.1, 0.15) is 0 Å². The summed E-state index contributed by atoms with van der Waals surface area (Å²) in [5.41, 5.74) is 10.5. The summed E-state index contributed by atoms with van der Waals surface area (Å²) in [5.74, 6) is 1.13. The van der Waals surface area contributed by atoms with Gasteiger partial charge in [-0.05, 0) is 150 Å². The molecule has 0 N–H and O–H groups in total. The highest BCUT2D eigenvalue weighted by atomic mass is 15.1. The number of hydrogen-bond donors (Lipinski definition) is 0. The molecule has 0 amide bonds. The van der Waals surface area contributed by atoms with Gasteiger partial charge >= 0.3 is 0 Å². The number of nitrogens with zero attached hydrogens (tertiary/aromatic N) is 2. The van der Waals surface area contributed by atoms with E-state index in [1.54, 1.807) is 11.1 Å². The Bertz CT molecular complexity index is 2160. The number of allylic oxidation sites excluding steroid dienone is 3. The molecular formula is C50H50N2. The van der Waals surface area contributed by atoms with Crippen LogP contribution < -0.4 is 9.80 Å². The van der Waals surface area contributed by atoms with E-state index in [9.17, 15) is 0 Å². The molecule has 0 heterocycles. The van der Waals surface area contributed by atoms with Crippen molar-refractivity contribution < 1.29 is 0 Å². The zero-order valence-electron chi connectivity index (χ0n) is 30.4. The molecule has 2 nitrogen and oxygen atoms in total. The predicted molar refractivity (Wildman–Crippen MR) is 223 cm³/mol. The molecule has 0 atom stereocenters. The molecule has 0 aromatic heterocycles. The van der Waals surface area contributed by atoms with Crippen molar-refractivity contribution in [2.45, 2.75) is 88.9 Å². The van der Waals surface area contributed by atoms with Gasteiger partial charge in [0.15, 0.2) is 0 Å². The van der Waals surface area contributed by atoms with Gasteiger partial charge in [0, 0.05) is 34.1 Å². The number of anilines is 5. The number of hydrogen-bond acceptors (Lipinski definition) is 2.